The quantitative estimate of drug-likeness (QED) is 0.369. The lowest BCUT2D eigenvalue weighted by Crippen LogP contribution is -1.99. The van der Waals surface area contributed by atoms with Crippen LogP contribution in [0, 0.1) is 0 Å². The normalized spacial score (nSPS) is 9.91. The number of carboxylic acids is 1. The first-order chi connectivity index (χ1) is 5.13. The zero-order chi connectivity index (χ0) is 8.69. The SMILES string of the molecule is CC(=O)OCC/C=C\C(=O)O. The van der Waals surface area contributed by atoms with Crippen molar-refractivity contribution in [1.82, 2.24) is 0 Å². The van der Waals surface area contributed by atoms with E-state index in [4.69, 9.17) is 5.11 Å². The molecule has 0 aromatic rings. The van der Waals surface area contributed by atoms with E-state index in [0.29, 0.717) is 6.42 Å². The molecule has 4 nitrogen and oxygen atoms in total. The summed E-state index contributed by atoms with van der Waals surface area (Å²) in [5, 5.41) is 8.13. The van der Waals surface area contributed by atoms with Gasteiger partial charge in [0.1, 0.15) is 0 Å². The molecule has 4 heteroatoms. The van der Waals surface area contributed by atoms with Crippen LogP contribution >= 0.6 is 0 Å². The van der Waals surface area contributed by atoms with Gasteiger partial charge in [0.2, 0.25) is 0 Å². The Balaban J connectivity index is 3.27. The van der Waals surface area contributed by atoms with Crippen molar-refractivity contribution in [2.75, 3.05) is 6.61 Å². The fourth-order valence-corrected chi connectivity index (χ4v) is 0.455. The first-order valence-electron chi connectivity index (χ1n) is 3.15. The number of carbonyl (C=O) groups excluding carboxylic acids is 1. The van der Waals surface area contributed by atoms with Crippen molar-refractivity contribution in [3.8, 4) is 0 Å². The first-order valence-corrected chi connectivity index (χ1v) is 3.15. The minimum absolute atomic E-state index is 0.235. The van der Waals surface area contributed by atoms with Crippen molar-refractivity contribution in [3.63, 3.8) is 0 Å². The molecule has 0 aliphatic heterocycles. The molecule has 1 N–H and O–H groups in total. The Morgan fingerprint density at radius 1 is 1.55 bits per heavy atom. The van der Waals surface area contributed by atoms with E-state index in [2.05, 4.69) is 4.74 Å². The lowest BCUT2D eigenvalue weighted by molar-refractivity contribution is -0.140. The Morgan fingerprint density at radius 2 is 2.18 bits per heavy atom. The molecule has 0 aromatic heterocycles. The maximum Gasteiger partial charge on any atom is 0.327 e. The minimum Gasteiger partial charge on any atom is -0.478 e. The average molecular weight is 158 g/mol. The largest absolute Gasteiger partial charge is 0.478 e. The van der Waals surface area contributed by atoms with E-state index in [9.17, 15) is 9.59 Å². The molecule has 0 saturated carbocycles. The highest BCUT2D eigenvalue weighted by Gasteiger charge is 1.89. The van der Waals surface area contributed by atoms with Gasteiger partial charge in [-0.1, -0.05) is 6.08 Å². The number of carboxylic acid groups (broad SMARTS) is 1. The summed E-state index contributed by atoms with van der Waals surface area (Å²) in [5.41, 5.74) is 0. The van der Waals surface area contributed by atoms with Crippen LogP contribution in [0.15, 0.2) is 12.2 Å². The highest BCUT2D eigenvalue weighted by atomic mass is 16.5. The Morgan fingerprint density at radius 3 is 2.64 bits per heavy atom. The second-order valence-corrected chi connectivity index (χ2v) is 1.87. The zero-order valence-electron chi connectivity index (χ0n) is 6.24. The van der Waals surface area contributed by atoms with Gasteiger partial charge in [0.15, 0.2) is 0 Å². The molecule has 0 bridgehead atoms. The van der Waals surface area contributed by atoms with Crippen molar-refractivity contribution in [2.24, 2.45) is 0 Å². The molecule has 11 heavy (non-hydrogen) atoms. The zero-order valence-corrected chi connectivity index (χ0v) is 6.24. The van der Waals surface area contributed by atoms with Crippen LogP contribution in [-0.2, 0) is 14.3 Å². The molecule has 0 aliphatic carbocycles. The number of hydrogen-bond acceptors (Lipinski definition) is 3. The van der Waals surface area contributed by atoms with Crippen molar-refractivity contribution in [1.29, 1.82) is 0 Å². The van der Waals surface area contributed by atoms with Crippen LogP contribution in [0.4, 0.5) is 0 Å². The van der Waals surface area contributed by atoms with Gasteiger partial charge < -0.3 is 9.84 Å². The lowest BCUT2D eigenvalue weighted by Gasteiger charge is -1.95. The summed E-state index contributed by atoms with van der Waals surface area (Å²) in [5.74, 6) is -1.35. The predicted octanol–water partition coefficient (Wildman–Crippen LogP) is 0.580. The monoisotopic (exact) mass is 158 g/mol. The van der Waals surface area contributed by atoms with E-state index in [0.717, 1.165) is 6.08 Å². The summed E-state index contributed by atoms with van der Waals surface area (Å²) in [6, 6.07) is 0. The smallest absolute Gasteiger partial charge is 0.327 e. The first kappa shape index (κ1) is 9.68. The van der Waals surface area contributed by atoms with Gasteiger partial charge in [0.05, 0.1) is 6.61 Å². The van der Waals surface area contributed by atoms with Crippen LogP contribution in [0.25, 0.3) is 0 Å². The van der Waals surface area contributed by atoms with Crippen LogP contribution in [-0.4, -0.2) is 23.7 Å². The number of hydrogen-bond donors (Lipinski definition) is 1. The van der Waals surface area contributed by atoms with Gasteiger partial charge in [0.25, 0.3) is 0 Å². The van der Waals surface area contributed by atoms with Gasteiger partial charge in [0, 0.05) is 19.4 Å². The van der Waals surface area contributed by atoms with Crippen LogP contribution in [0.3, 0.4) is 0 Å². The van der Waals surface area contributed by atoms with Crippen LogP contribution in [0.2, 0.25) is 0 Å². The van der Waals surface area contributed by atoms with Gasteiger partial charge in [-0.05, 0) is 0 Å². The van der Waals surface area contributed by atoms with Gasteiger partial charge >= 0.3 is 11.9 Å². The van der Waals surface area contributed by atoms with Gasteiger partial charge in [-0.3, -0.25) is 4.79 Å². The van der Waals surface area contributed by atoms with Crippen LogP contribution in [0.5, 0.6) is 0 Å². The number of aliphatic carboxylic acids is 1. The summed E-state index contributed by atoms with van der Waals surface area (Å²) < 4.78 is 4.54. The second kappa shape index (κ2) is 5.46. The maximum absolute atomic E-state index is 10.2. The summed E-state index contributed by atoms with van der Waals surface area (Å²) in [4.78, 5) is 20.1. The van der Waals surface area contributed by atoms with Crippen LogP contribution < -0.4 is 0 Å². The third-order valence-corrected chi connectivity index (χ3v) is 0.850. The van der Waals surface area contributed by atoms with Gasteiger partial charge in [-0.25, -0.2) is 4.79 Å². The predicted molar refractivity (Wildman–Crippen MR) is 38.0 cm³/mol. The van der Waals surface area contributed by atoms with E-state index in [1.54, 1.807) is 0 Å². The van der Waals surface area contributed by atoms with Crippen LogP contribution in [0.1, 0.15) is 13.3 Å². The highest BCUT2D eigenvalue weighted by Crippen LogP contribution is 1.85. The molecule has 0 unspecified atom stereocenters. The van der Waals surface area contributed by atoms with E-state index in [-0.39, 0.29) is 12.6 Å². The Hall–Kier alpha value is -1.32. The van der Waals surface area contributed by atoms with Gasteiger partial charge in [-0.15, -0.1) is 0 Å². The summed E-state index contributed by atoms with van der Waals surface area (Å²) in [7, 11) is 0. The third-order valence-electron chi connectivity index (χ3n) is 0.850. The summed E-state index contributed by atoms with van der Waals surface area (Å²) >= 11 is 0. The van der Waals surface area contributed by atoms with Crippen molar-refractivity contribution in [2.45, 2.75) is 13.3 Å². The summed E-state index contributed by atoms with van der Waals surface area (Å²) in [6.07, 6.45) is 2.89. The number of carbonyl (C=O) groups is 2. The third kappa shape index (κ3) is 8.68. The van der Waals surface area contributed by atoms with E-state index in [1.807, 2.05) is 0 Å². The van der Waals surface area contributed by atoms with E-state index < -0.39 is 5.97 Å². The van der Waals surface area contributed by atoms with E-state index in [1.165, 1.54) is 13.0 Å². The topological polar surface area (TPSA) is 63.6 Å². The molecule has 62 valence electrons. The second-order valence-electron chi connectivity index (χ2n) is 1.87. The summed E-state index contributed by atoms with van der Waals surface area (Å²) in [6.45, 7) is 1.54. The van der Waals surface area contributed by atoms with Crippen molar-refractivity contribution < 1.29 is 19.4 Å². The number of rotatable bonds is 4. The molecule has 0 radical (unpaired) electrons. The number of ether oxygens (including phenoxy) is 1. The minimum atomic E-state index is -0.993. The molecular weight excluding hydrogens is 148 g/mol. The lowest BCUT2D eigenvalue weighted by atomic mass is 10.4. The van der Waals surface area contributed by atoms with Crippen molar-refractivity contribution >= 4 is 11.9 Å². The Bertz CT molecular complexity index is 171. The van der Waals surface area contributed by atoms with Gasteiger partial charge in [-0.2, -0.15) is 0 Å². The molecule has 0 amide bonds. The number of esters is 1. The van der Waals surface area contributed by atoms with E-state index >= 15 is 0 Å². The molecule has 0 aliphatic rings. The molecule has 0 aromatic carbocycles. The highest BCUT2D eigenvalue weighted by molar-refractivity contribution is 5.79. The standard InChI is InChI=1S/C7H10O4/c1-6(8)11-5-3-2-4-7(9)10/h2,4H,3,5H2,1H3,(H,9,10)/b4-2-. The Labute approximate surface area is 64.5 Å². The average Bonchev–Trinajstić information content (AvgIpc) is 1.85. The molecular formula is C7H10O4. The fourth-order valence-electron chi connectivity index (χ4n) is 0.455. The molecule has 0 heterocycles. The maximum atomic E-state index is 10.2. The molecule has 0 rings (SSSR count). The molecule has 0 saturated heterocycles. The molecule has 0 atom stereocenters. The van der Waals surface area contributed by atoms with Crippen molar-refractivity contribution in [3.05, 3.63) is 12.2 Å². The molecule has 0 fully saturated rings. The fraction of sp³-hybridized carbons (Fsp3) is 0.429. The molecule has 0 spiro atoms. The Kier molecular flexibility index (Phi) is 4.81.